The van der Waals surface area contributed by atoms with Gasteiger partial charge in [0.15, 0.2) is 15.9 Å². The Morgan fingerprint density at radius 3 is 2.55 bits per heavy atom. The third kappa shape index (κ3) is 4.74. The lowest BCUT2D eigenvalue weighted by molar-refractivity contribution is -0.141. The van der Waals surface area contributed by atoms with Crippen LogP contribution in [-0.2, 0) is 19.4 Å². The molecule has 0 spiro atoms. The second kappa shape index (κ2) is 7.15. The van der Waals surface area contributed by atoms with Crippen LogP contribution in [0, 0.1) is 0 Å². The van der Waals surface area contributed by atoms with Crippen LogP contribution in [0.2, 0.25) is 0 Å². The zero-order chi connectivity index (χ0) is 16.2. The zero-order valence-electron chi connectivity index (χ0n) is 11.8. The second-order valence-electron chi connectivity index (χ2n) is 5.09. The van der Waals surface area contributed by atoms with E-state index in [1.165, 1.54) is 11.8 Å². The van der Waals surface area contributed by atoms with Crippen LogP contribution in [0.3, 0.4) is 0 Å². The lowest BCUT2D eigenvalue weighted by Crippen LogP contribution is -2.35. The third-order valence-electron chi connectivity index (χ3n) is 3.33. The molecule has 1 amide bonds. The fraction of sp³-hybridized carbons (Fsp3) is 0.429. The molecule has 1 heterocycles. The van der Waals surface area contributed by atoms with Gasteiger partial charge in [0.05, 0.1) is 17.3 Å². The van der Waals surface area contributed by atoms with Crippen molar-refractivity contribution < 1.29 is 23.1 Å². The molecule has 0 radical (unpaired) electrons. The van der Waals surface area contributed by atoms with Crippen LogP contribution >= 0.6 is 11.8 Å². The smallest absolute Gasteiger partial charge is 0.330 e. The Hall–Kier alpha value is -1.54. The van der Waals surface area contributed by atoms with Crippen LogP contribution in [0.4, 0.5) is 0 Å². The van der Waals surface area contributed by atoms with E-state index in [9.17, 15) is 23.1 Å². The van der Waals surface area contributed by atoms with Crippen molar-refractivity contribution in [3.8, 4) is 0 Å². The number of amides is 1. The summed E-state index contributed by atoms with van der Waals surface area (Å²) in [5.74, 6) is -1.24. The number of benzene rings is 1. The lowest BCUT2D eigenvalue weighted by atomic mass is 10.1. The highest BCUT2D eigenvalue weighted by Gasteiger charge is 2.29. The van der Waals surface area contributed by atoms with Crippen molar-refractivity contribution in [2.45, 2.75) is 17.7 Å². The number of sulfone groups is 1. The van der Waals surface area contributed by atoms with E-state index in [0.717, 1.165) is 0 Å². The van der Waals surface area contributed by atoms with E-state index in [-0.39, 0.29) is 22.5 Å². The van der Waals surface area contributed by atoms with Gasteiger partial charge in [-0.2, -0.15) is 0 Å². The Labute approximate surface area is 133 Å². The Bertz CT molecular complexity index is 644. The molecule has 2 atom stereocenters. The first-order chi connectivity index (χ1) is 10.4. The van der Waals surface area contributed by atoms with Gasteiger partial charge in [0, 0.05) is 5.25 Å². The molecule has 2 unspecified atom stereocenters. The molecule has 2 N–H and O–H groups in total. The highest BCUT2D eigenvalue weighted by atomic mass is 32.2. The van der Waals surface area contributed by atoms with Gasteiger partial charge < -0.3 is 10.4 Å². The van der Waals surface area contributed by atoms with Crippen LogP contribution in [0.15, 0.2) is 30.3 Å². The molecule has 1 aromatic carbocycles. The Balaban J connectivity index is 1.88. The maximum Gasteiger partial charge on any atom is 0.330 e. The highest BCUT2D eigenvalue weighted by Crippen LogP contribution is 2.24. The molecule has 0 aliphatic carbocycles. The van der Waals surface area contributed by atoms with E-state index in [0.29, 0.717) is 12.0 Å². The van der Waals surface area contributed by atoms with Gasteiger partial charge in [0.25, 0.3) is 0 Å². The number of carbonyl (C=O) groups excluding carboxylic acids is 1. The van der Waals surface area contributed by atoms with Crippen LogP contribution in [0.5, 0.6) is 0 Å². The minimum Gasteiger partial charge on any atom is -0.479 e. The first-order valence-corrected chi connectivity index (χ1v) is 9.63. The van der Waals surface area contributed by atoms with Crippen LogP contribution in [0.25, 0.3) is 0 Å². The fourth-order valence-electron chi connectivity index (χ4n) is 2.22. The summed E-state index contributed by atoms with van der Waals surface area (Å²) in [5.41, 5.74) is 0.497. The summed E-state index contributed by atoms with van der Waals surface area (Å²) in [4.78, 5) is 23.2. The third-order valence-corrected chi connectivity index (χ3v) is 6.61. The summed E-state index contributed by atoms with van der Waals surface area (Å²) in [6.45, 7) is 0. The van der Waals surface area contributed by atoms with Crippen molar-refractivity contribution in [3.05, 3.63) is 35.9 Å². The zero-order valence-corrected chi connectivity index (χ0v) is 13.4. The summed E-state index contributed by atoms with van der Waals surface area (Å²) >= 11 is 1.26. The van der Waals surface area contributed by atoms with E-state index in [2.05, 4.69) is 5.32 Å². The van der Waals surface area contributed by atoms with Gasteiger partial charge in [-0.15, -0.1) is 11.8 Å². The number of nitrogens with one attached hydrogen (secondary N) is 1. The normalized spacial score (nSPS) is 21.2. The van der Waals surface area contributed by atoms with E-state index >= 15 is 0 Å². The van der Waals surface area contributed by atoms with Gasteiger partial charge in [-0.3, -0.25) is 4.79 Å². The van der Waals surface area contributed by atoms with Gasteiger partial charge in [-0.05, 0) is 12.0 Å². The van der Waals surface area contributed by atoms with E-state index in [1.807, 2.05) is 0 Å². The molecule has 1 saturated heterocycles. The SMILES string of the molecule is O=C(CSC1CCS(=O)(=O)C1)NC(C(=O)O)c1ccccc1. The number of carboxylic acid groups (broad SMARTS) is 1. The summed E-state index contributed by atoms with van der Waals surface area (Å²) in [6, 6.07) is 7.35. The molecule has 0 aromatic heterocycles. The number of carboxylic acids is 1. The standard InChI is InChI=1S/C14H17NO5S2/c16-12(8-21-11-6-7-22(19,20)9-11)15-13(14(17)18)10-4-2-1-3-5-10/h1-5,11,13H,6-9H2,(H,15,16)(H,17,18). The number of aliphatic carboxylic acids is 1. The summed E-state index contributed by atoms with van der Waals surface area (Å²) < 4.78 is 22.7. The molecule has 0 saturated carbocycles. The largest absolute Gasteiger partial charge is 0.479 e. The van der Waals surface area contributed by atoms with Gasteiger partial charge in [-0.25, -0.2) is 13.2 Å². The molecule has 0 bridgehead atoms. The Kier molecular flexibility index (Phi) is 5.47. The predicted octanol–water partition coefficient (Wildman–Crippen LogP) is 0.849. The molecule has 1 aliphatic rings. The van der Waals surface area contributed by atoms with E-state index in [1.54, 1.807) is 30.3 Å². The minimum atomic E-state index is -2.97. The van der Waals surface area contributed by atoms with Gasteiger partial charge in [0.2, 0.25) is 5.91 Å². The van der Waals surface area contributed by atoms with Crippen molar-refractivity contribution in [2.24, 2.45) is 0 Å². The van der Waals surface area contributed by atoms with Crippen LogP contribution < -0.4 is 5.32 Å². The van der Waals surface area contributed by atoms with Crippen molar-refractivity contribution >= 4 is 33.5 Å². The van der Waals surface area contributed by atoms with Gasteiger partial charge >= 0.3 is 5.97 Å². The van der Waals surface area contributed by atoms with Crippen LogP contribution in [-0.4, -0.2) is 47.9 Å². The topological polar surface area (TPSA) is 101 Å². The van der Waals surface area contributed by atoms with Crippen molar-refractivity contribution in [1.29, 1.82) is 0 Å². The van der Waals surface area contributed by atoms with Crippen molar-refractivity contribution in [3.63, 3.8) is 0 Å². The second-order valence-corrected chi connectivity index (χ2v) is 8.60. The first-order valence-electron chi connectivity index (χ1n) is 6.76. The Morgan fingerprint density at radius 2 is 2.00 bits per heavy atom. The van der Waals surface area contributed by atoms with Crippen molar-refractivity contribution in [1.82, 2.24) is 5.32 Å². The predicted molar refractivity (Wildman–Crippen MR) is 84.5 cm³/mol. The summed E-state index contributed by atoms with van der Waals surface area (Å²) in [7, 11) is -2.97. The summed E-state index contributed by atoms with van der Waals surface area (Å²) in [6.07, 6.45) is 0.543. The fourth-order valence-corrected chi connectivity index (χ4v) is 5.68. The van der Waals surface area contributed by atoms with E-state index < -0.39 is 27.8 Å². The van der Waals surface area contributed by atoms with Gasteiger partial charge in [-0.1, -0.05) is 30.3 Å². The number of carbonyl (C=O) groups is 2. The Morgan fingerprint density at radius 1 is 1.32 bits per heavy atom. The molecular formula is C14H17NO5S2. The first kappa shape index (κ1) is 16.8. The molecule has 2 rings (SSSR count). The molecule has 6 nitrogen and oxygen atoms in total. The maximum atomic E-state index is 11.9. The molecule has 22 heavy (non-hydrogen) atoms. The van der Waals surface area contributed by atoms with Crippen molar-refractivity contribution in [2.75, 3.05) is 17.3 Å². The molecule has 1 fully saturated rings. The molecule has 8 heteroatoms. The summed E-state index contributed by atoms with van der Waals surface area (Å²) in [5, 5.41) is 11.6. The monoisotopic (exact) mass is 343 g/mol. The average Bonchev–Trinajstić information content (AvgIpc) is 2.82. The van der Waals surface area contributed by atoms with E-state index in [4.69, 9.17) is 0 Å². The molecule has 1 aromatic rings. The number of thioether (sulfide) groups is 1. The maximum absolute atomic E-state index is 11.9. The average molecular weight is 343 g/mol. The van der Waals surface area contributed by atoms with Crippen LogP contribution in [0.1, 0.15) is 18.0 Å². The minimum absolute atomic E-state index is 0.0524. The van der Waals surface area contributed by atoms with Gasteiger partial charge in [0.1, 0.15) is 0 Å². The highest BCUT2D eigenvalue weighted by molar-refractivity contribution is 8.02. The number of hydrogen-bond acceptors (Lipinski definition) is 5. The lowest BCUT2D eigenvalue weighted by Gasteiger charge is -2.15. The quantitative estimate of drug-likeness (QED) is 0.794. The number of rotatable bonds is 6. The molecule has 1 aliphatic heterocycles. The number of hydrogen-bond donors (Lipinski definition) is 2. The molecular weight excluding hydrogens is 326 g/mol. The molecule has 120 valence electrons.